The number of nitrogens with two attached hydrogens (primary N) is 1. The molecule has 1 aromatic heterocycles. The molecular weight excluding hydrogens is 197 g/mol. The van der Waals surface area contributed by atoms with E-state index >= 15 is 0 Å². The van der Waals surface area contributed by atoms with Crippen molar-refractivity contribution in [3.05, 3.63) is 30.2 Å². The Morgan fingerprint density at radius 2 is 2.13 bits per heavy atom. The molecule has 0 bridgehead atoms. The highest BCUT2D eigenvalue weighted by Crippen LogP contribution is 2.30. The van der Waals surface area contributed by atoms with Crippen LogP contribution in [0.2, 0.25) is 0 Å². The first kappa shape index (κ1) is 9.51. The van der Waals surface area contributed by atoms with Gasteiger partial charge in [-0.2, -0.15) is 5.10 Å². The molecule has 5 heteroatoms. The van der Waals surface area contributed by atoms with E-state index in [9.17, 15) is 9.50 Å². The van der Waals surface area contributed by atoms with Gasteiger partial charge in [-0.05, 0) is 18.2 Å². The maximum absolute atomic E-state index is 13.4. The first-order valence-electron chi connectivity index (χ1n) is 4.36. The van der Waals surface area contributed by atoms with E-state index in [2.05, 4.69) is 5.10 Å². The van der Waals surface area contributed by atoms with Crippen LogP contribution in [0.3, 0.4) is 0 Å². The summed E-state index contributed by atoms with van der Waals surface area (Å²) in [5.74, 6) is -0.0818. The summed E-state index contributed by atoms with van der Waals surface area (Å²) in [6, 6.07) is 3.80. The molecule has 0 atom stereocenters. The first-order valence-corrected chi connectivity index (χ1v) is 4.36. The predicted molar refractivity (Wildman–Crippen MR) is 54.7 cm³/mol. The van der Waals surface area contributed by atoms with Crippen molar-refractivity contribution in [2.75, 3.05) is 5.73 Å². The molecule has 0 spiro atoms. The minimum atomic E-state index is -0.437. The summed E-state index contributed by atoms with van der Waals surface area (Å²) in [4.78, 5) is 0. The fraction of sp³-hybridized carbons (Fsp3) is 0.100. The largest absolute Gasteiger partial charge is 0.508 e. The van der Waals surface area contributed by atoms with Crippen LogP contribution in [0.25, 0.3) is 11.1 Å². The summed E-state index contributed by atoms with van der Waals surface area (Å²) in [5, 5.41) is 13.2. The Morgan fingerprint density at radius 1 is 1.40 bits per heavy atom. The third-order valence-corrected chi connectivity index (χ3v) is 2.22. The summed E-state index contributed by atoms with van der Waals surface area (Å²) in [5.41, 5.74) is 6.43. The van der Waals surface area contributed by atoms with Crippen LogP contribution in [0.4, 0.5) is 10.2 Å². The topological polar surface area (TPSA) is 64.1 Å². The summed E-state index contributed by atoms with van der Waals surface area (Å²) in [6.07, 6.45) is 1.47. The van der Waals surface area contributed by atoms with Crippen LogP contribution < -0.4 is 5.73 Å². The second kappa shape index (κ2) is 3.27. The zero-order valence-corrected chi connectivity index (χ0v) is 8.11. The predicted octanol–water partition coefficient (Wildman–Crippen LogP) is 1.51. The lowest BCUT2D eigenvalue weighted by Crippen LogP contribution is -1.98. The lowest BCUT2D eigenvalue weighted by Gasteiger charge is -2.03. The van der Waals surface area contributed by atoms with Crippen molar-refractivity contribution < 1.29 is 9.50 Å². The van der Waals surface area contributed by atoms with Gasteiger partial charge in [0.15, 0.2) is 0 Å². The minimum Gasteiger partial charge on any atom is -0.508 e. The average molecular weight is 207 g/mol. The van der Waals surface area contributed by atoms with Gasteiger partial charge in [0, 0.05) is 18.2 Å². The van der Waals surface area contributed by atoms with Gasteiger partial charge in [-0.1, -0.05) is 0 Å². The van der Waals surface area contributed by atoms with E-state index in [1.807, 2.05) is 0 Å². The van der Waals surface area contributed by atoms with Gasteiger partial charge in [0.2, 0.25) is 0 Å². The summed E-state index contributed by atoms with van der Waals surface area (Å²) >= 11 is 0. The lowest BCUT2D eigenvalue weighted by molar-refractivity contribution is 0.473. The number of hydrogen-bond acceptors (Lipinski definition) is 3. The number of aromatic hydroxyl groups is 1. The molecule has 0 saturated carbocycles. The van der Waals surface area contributed by atoms with Gasteiger partial charge in [0.05, 0.1) is 6.20 Å². The molecule has 3 N–H and O–H groups in total. The Balaban J connectivity index is 2.63. The number of aryl methyl sites for hydroxylation is 1. The van der Waals surface area contributed by atoms with Gasteiger partial charge in [-0.25, -0.2) is 4.39 Å². The van der Waals surface area contributed by atoms with Crippen molar-refractivity contribution in [2.24, 2.45) is 7.05 Å². The molecule has 0 amide bonds. The van der Waals surface area contributed by atoms with Gasteiger partial charge >= 0.3 is 0 Å². The van der Waals surface area contributed by atoms with E-state index < -0.39 is 5.82 Å². The SMILES string of the molecule is Cn1ncc(-c2cc(O)ccc2F)c1N. The molecule has 1 aromatic carbocycles. The molecule has 0 aliphatic heterocycles. The van der Waals surface area contributed by atoms with Crippen molar-refractivity contribution in [2.45, 2.75) is 0 Å². The van der Waals surface area contributed by atoms with Crippen molar-refractivity contribution >= 4 is 5.82 Å². The molecule has 1 heterocycles. The summed E-state index contributed by atoms with van der Waals surface area (Å²) < 4.78 is 14.9. The highest BCUT2D eigenvalue weighted by molar-refractivity contribution is 5.74. The van der Waals surface area contributed by atoms with Gasteiger partial charge in [0.25, 0.3) is 0 Å². The minimum absolute atomic E-state index is 0.00495. The molecule has 0 fully saturated rings. The van der Waals surface area contributed by atoms with Crippen LogP contribution in [0.5, 0.6) is 5.75 Å². The van der Waals surface area contributed by atoms with E-state index in [-0.39, 0.29) is 11.3 Å². The van der Waals surface area contributed by atoms with Gasteiger partial charge in [-0.3, -0.25) is 4.68 Å². The highest BCUT2D eigenvalue weighted by atomic mass is 19.1. The van der Waals surface area contributed by atoms with E-state index in [1.165, 1.54) is 29.1 Å². The molecule has 0 saturated heterocycles. The van der Waals surface area contributed by atoms with Crippen molar-refractivity contribution in [3.8, 4) is 16.9 Å². The number of aromatic nitrogens is 2. The number of halogens is 1. The number of hydrogen-bond donors (Lipinski definition) is 2. The Labute approximate surface area is 85.8 Å². The van der Waals surface area contributed by atoms with E-state index in [4.69, 9.17) is 5.73 Å². The van der Waals surface area contributed by atoms with Gasteiger partial charge < -0.3 is 10.8 Å². The van der Waals surface area contributed by atoms with Crippen molar-refractivity contribution in [3.63, 3.8) is 0 Å². The molecule has 2 rings (SSSR count). The molecule has 2 aromatic rings. The number of rotatable bonds is 1. The van der Waals surface area contributed by atoms with Crippen LogP contribution in [0, 0.1) is 5.82 Å². The number of nitrogens with zero attached hydrogens (tertiary/aromatic N) is 2. The van der Waals surface area contributed by atoms with Crippen molar-refractivity contribution in [1.29, 1.82) is 0 Å². The van der Waals surface area contributed by atoms with E-state index in [0.29, 0.717) is 11.4 Å². The Bertz CT molecular complexity index is 507. The number of phenols is 1. The highest BCUT2D eigenvalue weighted by Gasteiger charge is 2.12. The number of benzene rings is 1. The average Bonchev–Trinajstić information content (AvgIpc) is 2.52. The molecule has 0 radical (unpaired) electrons. The second-order valence-corrected chi connectivity index (χ2v) is 3.23. The van der Waals surface area contributed by atoms with Crippen LogP contribution in [-0.2, 0) is 7.05 Å². The molecule has 0 aliphatic carbocycles. The second-order valence-electron chi connectivity index (χ2n) is 3.23. The molecule has 0 aliphatic rings. The molecule has 78 valence electrons. The maximum Gasteiger partial charge on any atom is 0.131 e. The quantitative estimate of drug-likeness (QED) is 0.745. The lowest BCUT2D eigenvalue weighted by atomic mass is 10.1. The van der Waals surface area contributed by atoms with Crippen molar-refractivity contribution in [1.82, 2.24) is 9.78 Å². The Kier molecular flexibility index (Phi) is 2.07. The summed E-state index contributed by atoms with van der Waals surface area (Å²) in [7, 11) is 1.67. The zero-order chi connectivity index (χ0) is 11.0. The van der Waals surface area contributed by atoms with Crippen LogP contribution in [0.15, 0.2) is 24.4 Å². The maximum atomic E-state index is 13.4. The molecular formula is C10H10FN3O. The van der Waals surface area contributed by atoms with Gasteiger partial charge in [-0.15, -0.1) is 0 Å². The van der Waals surface area contributed by atoms with Gasteiger partial charge in [0.1, 0.15) is 17.4 Å². The van der Waals surface area contributed by atoms with Crippen LogP contribution in [-0.4, -0.2) is 14.9 Å². The van der Waals surface area contributed by atoms with Crippen LogP contribution >= 0.6 is 0 Å². The monoisotopic (exact) mass is 207 g/mol. The zero-order valence-electron chi connectivity index (χ0n) is 8.11. The number of anilines is 1. The third kappa shape index (κ3) is 1.52. The fourth-order valence-electron chi connectivity index (χ4n) is 1.37. The molecule has 4 nitrogen and oxygen atoms in total. The normalized spacial score (nSPS) is 10.5. The third-order valence-electron chi connectivity index (χ3n) is 2.22. The van der Waals surface area contributed by atoms with E-state index in [0.717, 1.165) is 0 Å². The number of phenolic OH excluding ortho intramolecular Hbond substituents is 1. The smallest absolute Gasteiger partial charge is 0.131 e. The first-order chi connectivity index (χ1) is 7.09. The Hall–Kier alpha value is -2.04. The van der Waals surface area contributed by atoms with E-state index in [1.54, 1.807) is 7.05 Å². The molecule has 0 unspecified atom stereocenters. The Morgan fingerprint density at radius 3 is 2.73 bits per heavy atom. The molecule has 15 heavy (non-hydrogen) atoms. The van der Waals surface area contributed by atoms with Crippen LogP contribution in [0.1, 0.15) is 0 Å². The fourth-order valence-corrected chi connectivity index (χ4v) is 1.37. The standard InChI is InChI=1S/C10H10FN3O/c1-14-10(12)8(5-13-14)7-4-6(15)2-3-9(7)11/h2-5,15H,12H2,1H3. The summed E-state index contributed by atoms with van der Waals surface area (Å²) in [6.45, 7) is 0. The number of nitrogen functional groups attached to an aromatic ring is 1.